The van der Waals surface area contributed by atoms with Gasteiger partial charge < -0.3 is 27.9 Å². The van der Waals surface area contributed by atoms with E-state index in [0.717, 1.165) is 122 Å². The maximum Gasteiger partial charge on any atom is 0.306 e. The van der Waals surface area contributed by atoms with Crippen molar-refractivity contribution in [2.45, 2.75) is 251 Å². The van der Waals surface area contributed by atoms with E-state index >= 15 is 0 Å². The summed E-state index contributed by atoms with van der Waals surface area (Å²) in [6.07, 6.45) is 90.6. The van der Waals surface area contributed by atoms with Gasteiger partial charge in [-0.25, -0.2) is 0 Å². The number of carbonyl (C=O) groups is 2. The second-order valence-corrected chi connectivity index (χ2v) is 23.8. The van der Waals surface area contributed by atoms with E-state index in [1.165, 1.54) is 83.5 Å². The number of esters is 2. The van der Waals surface area contributed by atoms with Crippen LogP contribution in [0.4, 0.5) is 0 Å². The maximum atomic E-state index is 12.8. The van der Waals surface area contributed by atoms with Gasteiger partial charge in [-0.1, -0.05) is 262 Å². The first-order valence-electron chi connectivity index (χ1n) is 32.5. The van der Waals surface area contributed by atoms with E-state index in [9.17, 15) is 19.0 Å². The quantitative estimate of drug-likeness (QED) is 0.0195. The maximum absolute atomic E-state index is 12.8. The molecule has 2 atom stereocenters. The van der Waals surface area contributed by atoms with Crippen LogP contribution in [-0.4, -0.2) is 70.0 Å². The van der Waals surface area contributed by atoms with Crippen molar-refractivity contribution in [2.24, 2.45) is 0 Å². The Morgan fingerprint density at radius 1 is 0.378 bits per heavy atom. The highest BCUT2D eigenvalue weighted by atomic mass is 31.2. The molecule has 0 fully saturated rings. The molecule has 0 heterocycles. The number of hydrogen-bond donors (Lipinski definition) is 0. The molecule has 466 valence electrons. The van der Waals surface area contributed by atoms with Crippen molar-refractivity contribution in [2.75, 3.05) is 47.5 Å². The molecule has 0 saturated heterocycles. The van der Waals surface area contributed by atoms with Crippen molar-refractivity contribution in [3.05, 3.63) is 146 Å². The predicted molar refractivity (Wildman–Crippen MR) is 350 cm³/mol. The molecule has 0 saturated carbocycles. The van der Waals surface area contributed by atoms with Crippen LogP contribution < -0.4 is 4.89 Å². The van der Waals surface area contributed by atoms with Gasteiger partial charge in [-0.2, -0.15) is 0 Å². The minimum absolute atomic E-state index is 0.0389. The number of allylic oxidation sites excluding steroid dienone is 24. The lowest BCUT2D eigenvalue weighted by Crippen LogP contribution is -2.37. The number of quaternary nitrogens is 1. The highest BCUT2D eigenvalue weighted by Crippen LogP contribution is 2.38. The summed E-state index contributed by atoms with van der Waals surface area (Å²) in [6, 6.07) is 0. The van der Waals surface area contributed by atoms with Gasteiger partial charge in [0.15, 0.2) is 6.10 Å². The van der Waals surface area contributed by atoms with E-state index in [-0.39, 0.29) is 26.1 Å². The molecule has 10 heteroatoms. The number of likely N-dealkylation sites (N-methyl/N-ethyl adjacent to an activating group) is 1. The zero-order valence-corrected chi connectivity index (χ0v) is 53.8. The number of hydrogen-bond acceptors (Lipinski definition) is 8. The van der Waals surface area contributed by atoms with Crippen LogP contribution >= 0.6 is 7.82 Å². The fraction of sp³-hybridized carbons (Fsp3) is 0.639. The summed E-state index contributed by atoms with van der Waals surface area (Å²) >= 11 is 0. The molecule has 0 aromatic rings. The highest BCUT2D eigenvalue weighted by molar-refractivity contribution is 7.45. The van der Waals surface area contributed by atoms with Crippen molar-refractivity contribution in [1.29, 1.82) is 0 Å². The number of carbonyl (C=O) groups excluding carboxylic acids is 2. The van der Waals surface area contributed by atoms with Gasteiger partial charge in [0, 0.05) is 12.8 Å². The molecule has 0 spiro atoms. The predicted octanol–water partition coefficient (Wildman–Crippen LogP) is 20.4. The lowest BCUT2D eigenvalue weighted by Gasteiger charge is -2.28. The Balaban J connectivity index is 4.06. The van der Waals surface area contributed by atoms with Crippen molar-refractivity contribution in [3.63, 3.8) is 0 Å². The van der Waals surface area contributed by atoms with Crippen LogP contribution in [0.25, 0.3) is 0 Å². The molecule has 0 radical (unpaired) electrons. The summed E-state index contributed by atoms with van der Waals surface area (Å²) < 4.78 is 34.2. The first-order valence-corrected chi connectivity index (χ1v) is 34.0. The standard InChI is InChI=1S/C72H120NO8P/c1-6-8-10-12-14-16-18-20-22-24-25-26-27-28-29-30-31-32-33-34-35-36-37-38-39-40-41-42-43-44-45-46-47-49-51-53-55-57-59-61-63-65-72(75)81-70(69-80-82(76,77)79-67-66-73(3,4)5)68-78-71(74)64-62-60-58-56-54-52-50-48-23-21-19-17-15-13-11-9-7-2/h8-11,14-17,20-23,25-26,28-29,31-32,34-35,37-38,40-41,70H,6-7,12-13,18-19,24,27,30,33,36,39,42-69H2,1-5H3/b10-8-,11-9-,16-14-,17-15-,22-20-,23-21-,26-25-,29-28-,32-31-,35-34-,38-37-,41-40-. The van der Waals surface area contributed by atoms with E-state index in [0.29, 0.717) is 23.9 Å². The molecule has 0 aliphatic heterocycles. The van der Waals surface area contributed by atoms with Gasteiger partial charge in [0.25, 0.3) is 7.82 Å². The first kappa shape index (κ1) is 77.9. The van der Waals surface area contributed by atoms with Crippen molar-refractivity contribution in [1.82, 2.24) is 0 Å². The van der Waals surface area contributed by atoms with Crippen molar-refractivity contribution < 1.29 is 42.1 Å². The third-order valence-electron chi connectivity index (χ3n) is 13.4. The summed E-state index contributed by atoms with van der Waals surface area (Å²) in [4.78, 5) is 37.9. The Kier molecular flexibility index (Phi) is 58.4. The third kappa shape index (κ3) is 65.0. The lowest BCUT2D eigenvalue weighted by molar-refractivity contribution is -0.870. The zero-order valence-electron chi connectivity index (χ0n) is 52.9. The van der Waals surface area contributed by atoms with Crippen LogP contribution in [0.1, 0.15) is 245 Å². The number of ether oxygens (including phenoxy) is 2. The van der Waals surface area contributed by atoms with Crippen LogP contribution in [0.15, 0.2) is 146 Å². The monoisotopic (exact) mass is 1160 g/mol. The van der Waals surface area contributed by atoms with Gasteiger partial charge in [0.1, 0.15) is 19.8 Å². The van der Waals surface area contributed by atoms with E-state index in [4.69, 9.17) is 18.5 Å². The van der Waals surface area contributed by atoms with Gasteiger partial charge in [-0.15, -0.1) is 0 Å². The van der Waals surface area contributed by atoms with E-state index in [2.05, 4.69) is 160 Å². The number of rotatable bonds is 58. The summed E-state index contributed by atoms with van der Waals surface area (Å²) in [5, 5.41) is 0. The summed E-state index contributed by atoms with van der Waals surface area (Å²) in [7, 11) is 1.15. The SMILES string of the molecule is CC/C=C\C/C=C\C/C=C\C/C=C\C/C=C\C/C=C\C/C=C\C/C=C\C/C=C\CCCCCCCCCCCCCCCC(=O)OC(COC(=O)CCCCCCCCC/C=C\C/C=C\C/C=C\CC)COP(=O)([O-])OCC[N+](C)(C)C. The van der Waals surface area contributed by atoms with Crippen LogP contribution in [0.5, 0.6) is 0 Å². The molecule has 0 aromatic carbocycles. The fourth-order valence-electron chi connectivity index (χ4n) is 8.43. The Bertz CT molecular complexity index is 1890. The molecule has 0 aliphatic rings. The van der Waals surface area contributed by atoms with Crippen LogP contribution in [-0.2, 0) is 32.7 Å². The van der Waals surface area contributed by atoms with Crippen molar-refractivity contribution in [3.8, 4) is 0 Å². The number of unbranched alkanes of at least 4 members (excludes halogenated alkanes) is 20. The summed E-state index contributed by atoms with van der Waals surface area (Å²) in [5.41, 5.74) is 0. The molecule has 82 heavy (non-hydrogen) atoms. The number of nitrogens with zero attached hydrogens (tertiary/aromatic N) is 1. The Morgan fingerprint density at radius 2 is 0.659 bits per heavy atom. The Labute approximate surface area is 503 Å². The van der Waals surface area contributed by atoms with Gasteiger partial charge >= 0.3 is 11.9 Å². The Morgan fingerprint density at radius 3 is 0.976 bits per heavy atom. The summed E-state index contributed by atoms with van der Waals surface area (Å²) in [6.45, 7) is 3.99. The molecular formula is C72H120NO8P. The largest absolute Gasteiger partial charge is 0.756 e. The normalized spacial score (nSPS) is 14.2. The topological polar surface area (TPSA) is 111 Å². The van der Waals surface area contributed by atoms with Crippen molar-refractivity contribution >= 4 is 19.8 Å². The van der Waals surface area contributed by atoms with Crippen LogP contribution in [0, 0.1) is 0 Å². The highest BCUT2D eigenvalue weighted by Gasteiger charge is 2.22. The molecular weight excluding hydrogens is 1040 g/mol. The average Bonchev–Trinajstić information content (AvgIpc) is 3.45. The molecule has 0 aliphatic carbocycles. The van der Waals surface area contributed by atoms with E-state index < -0.39 is 32.5 Å². The lowest BCUT2D eigenvalue weighted by atomic mass is 10.0. The summed E-state index contributed by atoms with van der Waals surface area (Å²) in [5.74, 6) is -0.851. The van der Waals surface area contributed by atoms with Gasteiger partial charge in [-0.3, -0.25) is 14.2 Å². The van der Waals surface area contributed by atoms with Gasteiger partial charge in [-0.05, 0) is 116 Å². The average molecular weight is 1160 g/mol. The zero-order chi connectivity index (χ0) is 59.8. The molecule has 0 rings (SSSR count). The minimum atomic E-state index is -4.65. The van der Waals surface area contributed by atoms with Gasteiger partial charge in [0.2, 0.25) is 0 Å². The third-order valence-corrected chi connectivity index (χ3v) is 14.3. The number of phosphoric ester groups is 1. The fourth-order valence-corrected chi connectivity index (χ4v) is 9.16. The molecule has 0 aromatic heterocycles. The van der Waals surface area contributed by atoms with Crippen LogP contribution in [0.3, 0.4) is 0 Å². The number of phosphoric acid groups is 1. The smallest absolute Gasteiger partial charge is 0.306 e. The molecule has 0 N–H and O–H groups in total. The van der Waals surface area contributed by atoms with E-state index in [1.54, 1.807) is 0 Å². The van der Waals surface area contributed by atoms with E-state index in [1.807, 2.05) is 21.1 Å². The van der Waals surface area contributed by atoms with Gasteiger partial charge in [0.05, 0.1) is 27.7 Å². The molecule has 0 bridgehead atoms. The minimum Gasteiger partial charge on any atom is -0.756 e. The molecule has 2 unspecified atom stereocenters. The van der Waals surface area contributed by atoms with Crippen LogP contribution in [0.2, 0.25) is 0 Å². The molecule has 0 amide bonds. The first-order chi connectivity index (χ1) is 40.0. The second-order valence-electron chi connectivity index (χ2n) is 22.4. The second kappa shape index (κ2) is 61.5. The Hall–Kier alpha value is -4.11. The molecule has 9 nitrogen and oxygen atoms in total.